The summed E-state index contributed by atoms with van der Waals surface area (Å²) in [5.74, 6) is 0.106. The SMILES string of the molecule is COC(=O)c1cc(-c2ccco2)nc2nn(Cc3ccc(CO)cc3)c(C)c12. The Labute approximate surface area is 161 Å². The number of methoxy groups -OCH3 is 1. The van der Waals surface area contributed by atoms with Crippen LogP contribution in [0.25, 0.3) is 22.5 Å². The highest BCUT2D eigenvalue weighted by molar-refractivity contribution is 6.04. The summed E-state index contributed by atoms with van der Waals surface area (Å²) in [5, 5.41) is 14.5. The number of aromatic nitrogens is 3. The molecule has 0 atom stereocenters. The first-order valence-electron chi connectivity index (χ1n) is 8.79. The van der Waals surface area contributed by atoms with E-state index in [1.807, 2.05) is 35.9 Å². The number of hydrogen-bond donors (Lipinski definition) is 1. The van der Waals surface area contributed by atoms with Crippen molar-refractivity contribution in [3.8, 4) is 11.5 Å². The molecule has 4 rings (SSSR count). The standard InChI is InChI=1S/C21H19N3O4/c1-13-19-16(21(26)27-2)10-17(18-4-3-9-28-18)22-20(19)23-24(13)11-14-5-7-15(12-25)8-6-14/h3-10,25H,11-12H2,1-2H3. The van der Waals surface area contributed by atoms with Crippen molar-refractivity contribution in [1.82, 2.24) is 14.8 Å². The zero-order valence-corrected chi connectivity index (χ0v) is 15.5. The highest BCUT2D eigenvalue weighted by atomic mass is 16.5. The number of pyridine rings is 1. The van der Waals surface area contributed by atoms with Crippen molar-refractivity contribution < 1.29 is 19.1 Å². The van der Waals surface area contributed by atoms with Crippen LogP contribution in [0.2, 0.25) is 0 Å². The van der Waals surface area contributed by atoms with Crippen LogP contribution in [0.3, 0.4) is 0 Å². The smallest absolute Gasteiger partial charge is 0.338 e. The van der Waals surface area contributed by atoms with Crippen LogP contribution in [0.4, 0.5) is 0 Å². The van der Waals surface area contributed by atoms with Crippen LogP contribution in [0.5, 0.6) is 0 Å². The second kappa shape index (κ2) is 7.28. The van der Waals surface area contributed by atoms with E-state index in [4.69, 9.17) is 9.15 Å². The van der Waals surface area contributed by atoms with Gasteiger partial charge in [0.25, 0.3) is 0 Å². The summed E-state index contributed by atoms with van der Waals surface area (Å²) in [5.41, 5.74) is 4.08. The summed E-state index contributed by atoms with van der Waals surface area (Å²) < 4.78 is 12.2. The third-order valence-corrected chi connectivity index (χ3v) is 4.68. The molecule has 3 aromatic heterocycles. The Morgan fingerprint density at radius 3 is 2.61 bits per heavy atom. The van der Waals surface area contributed by atoms with Gasteiger partial charge >= 0.3 is 5.97 Å². The molecule has 0 spiro atoms. The van der Waals surface area contributed by atoms with Crippen LogP contribution in [-0.2, 0) is 17.9 Å². The Morgan fingerprint density at radius 1 is 1.21 bits per heavy atom. The average Bonchev–Trinajstić information content (AvgIpc) is 3.36. The highest BCUT2D eigenvalue weighted by Gasteiger charge is 2.21. The van der Waals surface area contributed by atoms with Crippen molar-refractivity contribution in [2.24, 2.45) is 0 Å². The van der Waals surface area contributed by atoms with Crippen LogP contribution >= 0.6 is 0 Å². The van der Waals surface area contributed by atoms with Crippen LogP contribution in [0, 0.1) is 6.92 Å². The van der Waals surface area contributed by atoms with Crippen molar-refractivity contribution >= 4 is 17.0 Å². The molecule has 1 N–H and O–H groups in total. The molecule has 0 bridgehead atoms. The second-order valence-corrected chi connectivity index (χ2v) is 6.44. The number of nitrogens with zero attached hydrogens (tertiary/aromatic N) is 3. The van der Waals surface area contributed by atoms with Crippen molar-refractivity contribution in [3.63, 3.8) is 0 Å². The van der Waals surface area contributed by atoms with Crippen molar-refractivity contribution in [1.29, 1.82) is 0 Å². The quantitative estimate of drug-likeness (QED) is 0.537. The number of aryl methyl sites for hydroxylation is 1. The Morgan fingerprint density at radius 2 is 1.96 bits per heavy atom. The van der Waals surface area contributed by atoms with Gasteiger partial charge in [-0.1, -0.05) is 24.3 Å². The molecule has 0 fully saturated rings. The fourth-order valence-electron chi connectivity index (χ4n) is 3.18. The lowest BCUT2D eigenvalue weighted by molar-refractivity contribution is 0.0603. The van der Waals surface area contributed by atoms with Crippen LogP contribution in [-0.4, -0.2) is 33.0 Å². The lowest BCUT2D eigenvalue weighted by Gasteiger charge is -2.06. The largest absolute Gasteiger partial charge is 0.465 e. The number of esters is 1. The minimum absolute atomic E-state index is 0.00687. The number of aliphatic hydroxyl groups is 1. The fraction of sp³-hybridized carbons (Fsp3) is 0.190. The van der Waals surface area contributed by atoms with E-state index in [-0.39, 0.29) is 6.61 Å². The molecule has 0 saturated carbocycles. The van der Waals surface area contributed by atoms with E-state index in [2.05, 4.69) is 10.1 Å². The number of furan rings is 1. The maximum Gasteiger partial charge on any atom is 0.338 e. The van der Waals surface area contributed by atoms with Crippen molar-refractivity contribution in [2.75, 3.05) is 7.11 Å². The number of carbonyl (C=O) groups excluding carboxylic acids is 1. The van der Waals surface area contributed by atoms with Gasteiger partial charge in [-0.05, 0) is 36.2 Å². The van der Waals surface area contributed by atoms with E-state index in [9.17, 15) is 9.90 Å². The van der Waals surface area contributed by atoms with Crippen LogP contribution in [0.15, 0.2) is 53.1 Å². The highest BCUT2D eigenvalue weighted by Crippen LogP contribution is 2.28. The maximum absolute atomic E-state index is 12.4. The molecule has 0 aliphatic heterocycles. The van der Waals surface area contributed by atoms with E-state index in [0.717, 1.165) is 16.8 Å². The Bertz CT molecular complexity index is 1130. The Balaban J connectivity index is 1.82. The molecule has 0 saturated heterocycles. The minimum Gasteiger partial charge on any atom is -0.465 e. The van der Waals surface area contributed by atoms with Crippen LogP contribution < -0.4 is 0 Å². The molecule has 1 aromatic carbocycles. The number of fused-ring (bicyclic) bond motifs is 1. The summed E-state index contributed by atoms with van der Waals surface area (Å²) in [6.07, 6.45) is 1.55. The molecule has 0 radical (unpaired) electrons. The van der Waals surface area contributed by atoms with Gasteiger partial charge in [0.15, 0.2) is 11.4 Å². The second-order valence-electron chi connectivity index (χ2n) is 6.44. The summed E-state index contributed by atoms with van der Waals surface area (Å²) in [6.45, 7) is 2.43. The molecule has 0 amide bonds. The zero-order chi connectivity index (χ0) is 19.7. The minimum atomic E-state index is -0.449. The van der Waals surface area contributed by atoms with Gasteiger partial charge in [-0.3, -0.25) is 4.68 Å². The number of hydrogen-bond acceptors (Lipinski definition) is 6. The summed E-state index contributed by atoms with van der Waals surface area (Å²) in [7, 11) is 1.35. The monoisotopic (exact) mass is 377 g/mol. The molecule has 0 aliphatic carbocycles. The molecular weight excluding hydrogens is 358 g/mol. The fourth-order valence-corrected chi connectivity index (χ4v) is 3.18. The van der Waals surface area contributed by atoms with E-state index in [1.165, 1.54) is 7.11 Å². The van der Waals surface area contributed by atoms with Gasteiger partial charge in [0, 0.05) is 5.69 Å². The number of aliphatic hydroxyl groups excluding tert-OH is 1. The predicted octanol–water partition coefficient (Wildman–Crippen LogP) is 3.33. The van der Waals surface area contributed by atoms with E-state index in [1.54, 1.807) is 24.5 Å². The summed E-state index contributed by atoms with van der Waals surface area (Å²) >= 11 is 0. The lowest BCUT2D eigenvalue weighted by Crippen LogP contribution is -2.05. The first-order valence-corrected chi connectivity index (χ1v) is 8.79. The van der Waals surface area contributed by atoms with Gasteiger partial charge < -0.3 is 14.3 Å². The zero-order valence-electron chi connectivity index (χ0n) is 15.5. The van der Waals surface area contributed by atoms with Crippen molar-refractivity contribution in [3.05, 3.63) is 71.1 Å². The molecule has 7 heteroatoms. The number of ether oxygens (including phenoxy) is 1. The third kappa shape index (κ3) is 3.16. The van der Waals surface area contributed by atoms with Gasteiger partial charge in [-0.2, -0.15) is 5.10 Å². The maximum atomic E-state index is 12.4. The normalized spacial score (nSPS) is 11.1. The van der Waals surface area contributed by atoms with Gasteiger partial charge in [0.1, 0.15) is 5.69 Å². The Kier molecular flexibility index (Phi) is 4.67. The molecular formula is C21H19N3O4. The summed E-state index contributed by atoms with van der Waals surface area (Å²) in [4.78, 5) is 17.0. The average molecular weight is 377 g/mol. The van der Waals surface area contributed by atoms with Gasteiger partial charge in [0.05, 0.1) is 37.5 Å². The number of carbonyl (C=O) groups is 1. The molecule has 0 unspecified atom stereocenters. The van der Waals surface area contributed by atoms with E-state index < -0.39 is 5.97 Å². The van der Waals surface area contributed by atoms with Gasteiger partial charge in [0.2, 0.25) is 0 Å². The molecule has 0 aliphatic rings. The molecule has 3 heterocycles. The Hall–Kier alpha value is -3.45. The molecule has 7 nitrogen and oxygen atoms in total. The van der Waals surface area contributed by atoms with Crippen LogP contribution in [0.1, 0.15) is 27.2 Å². The van der Waals surface area contributed by atoms with Crippen molar-refractivity contribution in [2.45, 2.75) is 20.1 Å². The van der Waals surface area contributed by atoms with E-state index >= 15 is 0 Å². The molecule has 28 heavy (non-hydrogen) atoms. The molecule has 4 aromatic rings. The topological polar surface area (TPSA) is 90.4 Å². The summed E-state index contributed by atoms with van der Waals surface area (Å²) in [6, 6.07) is 12.9. The van der Waals surface area contributed by atoms with Gasteiger partial charge in [-0.25, -0.2) is 9.78 Å². The molecule has 142 valence electrons. The first-order chi connectivity index (χ1) is 13.6. The van der Waals surface area contributed by atoms with Gasteiger partial charge in [-0.15, -0.1) is 0 Å². The first kappa shape index (κ1) is 17.9. The number of rotatable bonds is 5. The lowest BCUT2D eigenvalue weighted by atomic mass is 10.1. The number of benzene rings is 1. The third-order valence-electron chi connectivity index (χ3n) is 4.68. The van der Waals surface area contributed by atoms with E-state index in [0.29, 0.717) is 34.6 Å². The predicted molar refractivity (Wildman–Crippen MR) is 103 cm³/mol.